The Morgan fingerprint density at radius 3 is 2.72 bits per heavy atom. The number of thioether (sulfide) groups is 1. The van der Waals surface area contributed by atoms with Gasteiger partial charge in [-0.05, 0) is 51.0 Å². The van der Waals surface area contributed by atoms with Crippen LogP contribution in [0.4, 0.5) is 5.69 Å². The largest absolute Gasteiger partial charge is 0.469 e. The van der Waals surface area contributed by atoms with E-state index in [1.54, 1.807) is 19.3 Å². The monoisotopic (exact) mass is 357 g/mol. The highest BCUT2D eigenvalue weighted by Gasteiger charge is 2.20. The molecule has 0 aliphatic rings. The van der Waals surface area contributed by atoms with Gasteiger partial charge in [-0.3, -0.25) is 4.79 Å². The molecule has 3 rings (SSSR count). The number of rotatable bonds is 5. The third-order valence-corrected chi connectivity index (χ3v) is 4.73. The van der Waals surface area contributed by atoms with Crippen molar-refractivity contribution in [1.29, 1.82) is 0 Å². The zero-order chi connectivity index (χ0) is 18.0. The summed E-state index contributed by atoms with van der Waals surface area (Å²) >= 11 is 1.22. The molecule has 0 radical (unpaired) electrons. The number of anilines is 1. The molecule has 1 aromatic carbocycles. The molecule has 0 aliphatic carbocycles. The molecular weight excluding hydrogens is 338 g/mol. The van der Waals surface area contributed by atoms with E-state index in [1.807, 2.05) is 39.0 Å². The second-order valence-electron chi connectivity index (χ2n) is 5.83. The maximum absolute atomic E-state index is 12.4. The van der Waals surface area contributed by atoms with E-state index in [1.165, 1.54) is 11.8 Å². The van der Waals surface area contributed by atoms with Gasteiger partial charge in [0.2, 0.25) is 5.91 Å². The predicted octanol–water partition coefficient (Wildman–Crippen LogP) is 4.37. The fourth-order valence-corrected chi connectivity index (χ4v) is 2.97. The minimum atomic E-state index is -0.376. The third kappa shape index (κ3) is 3.93. The normalized spacial score (nSPS) is 12.2. The van der Waals surface area contributed by atoms with Crippen molar-refractivity contribution < 1.29 is 13.6 Å². The van der Waals surface area contributed by atoms with Gasteiger partial charge >= 0.3 is 0 Å². The van der Waals surface area contributed by atoms with Crippen molar-refractivity contribution >= 4 is 23.4 Å². The van der Waals surface area contributed by atoms with Gasteiger partial charge in [-0.25, -0.2) is 0 Å². The maximum Gasteiger partial charge on any atom is 0.277 e. The van der Waals surface area contributed by atoms with E-state index < -0.39 is 0 Å². The van der Waals surface area contributed by atoms with Crippen LogP contribution >= 0.6 is 11.8 Å². The van der Waals surface area contributed by atoms with Gasteiger partial charge < -0.3 is 14.2 Å². The van der Waals surface area contributed by atoms with Gasteiger partial charge in [0, 0.05) is 5.69 Å². The molecule has 1 atom stereocenters. The molecule has 2 heterocycles. The zero-order valence-electron chi connectivity index (χ0n) is 14.5. The highest BCUT2D eigenvalue weighted by Crippen LogP contribution is 2.29. The molecule has 130 valence electrons. The summed E-state index contributed by atoms with van der Waals surface area (Å²) in [6.07, 6.45) is 1.57. The topological polar surface area (TPSA) is 81.2 Å². The molecule has 7 heteroatoms. The van der Waals surface area contributed by atoms with Gasteiger partial charge in [-0.1, -0.05) is 23.9 Å². The molecule has 0 saturated carbocycles. The summed E-state index contributed by atoms with van der Waals surface area (Å²) in [6.45, 7) is 7.58. The number of aromatic nitrogens is 2. The Labute approximate surface area is 150 Å². The summed E-state index contributed by atoms with van der Waals surface area (Å²) in [5.74, 6) is 0.981. The van der Waals surface area contributed by atoms with E-state index in [0.717, 1.165) is 22.4 Å². The van der Waals surface area contributed by atoms with Crippen molar-refractivity contribution in [1.82, 2.24) is 10.2 Å². The molecule has 1 amide bonds. The first-order valence-corrected chi connectivity index (χ1v) is 8.74. The molecule has 25 heavy (non-hydrogen) atoms. The highest BCUT2D eigenvalue weighted by atomic mass is 32.2. The Morgan fingerprint density at radius 2 is 2.00 bits per heavy atom. The number of furan rings is 1. The van der Waals surface area contributed by atoms with E-state index in [9.17, 15) is 4.79 Å². The molecular formula is C18H19N3O3S. The number of benzene rings is 1. The van der Waals surface area contributed by atoms with Crippen LogP contribution in [0.1, 0.15) is 23.8 Å². The number of nitrogens with one attached hydrogen (secondary N) is 1. The molecule has 0 fully saturated rings. The molecule has 0 aliphatic heterocycles. The van der Waals surface area contributed by atoms with Gasteiger partial charge in [-0.2, -0.15) is 0 Å². The SMILES string of the molecule is Cc1ccc(C)c(NC(=O)C(C)Sc2nnc(-c3ccoc3C)o2)c1. The van der Waals surface area contributed by atoms with Crippen LogP contribution in [0.5, 0.6) is 0 Å². The van der Waals surface area contributed by atoms with Crippen molar-refractivity contribution in [3.05, 3.63) is 47.4 Å². The fraction of sp³-hybridized carbons (Fsp3) is 0.278. The summed E-state index contributed by atoms with van der Waals surface area (Å²) in [5, 5.41) is 10.9. The summed E-state index contributed by atoms with van der Waals surface area (Å²) in [7, 11) is 0. The Hall–Kier alpha value is -2.54. The molecule has 6 nitrogen and oxygen atoms in total. The van der Waals surface area contributed by atoms with Crippen LogP contribution in [-0.4, -0.2) is 21.4 Å². The summed E-state index contributed by atoms with van der Waals surface area (Å²) < 4.78 is 10.9. The van der Waals surface area contributed by atoms with Gasteiger partial charge in [0.15, 0.2) is 0 Å². The van der Waals surface area contributed by atoms with Gasteiger partial charge in [-0.15, -0.1) is 10.2 Å². The van der Waals surface area contributed by atoms with E-state index in [0.29, 0.717) is 16.9 Å². The lowest BCUT2D eigenvalue weighted by Gasteiger charge is -2.12. The van der Waals surface area contributed by atoms with E-state index in [2.05, 4.69) is 15.5 Å². The third-order valence-electron chi connectivity index (χ3n) is 3.79. The quantitative estimate of drug-likeness (QED) is 0.683. The summed E-state index contributed by atoms with van der Waals surface area (Å²) in [4.78, 5) is 12.4. The number of nitrogens with zero attached hydrogens (tertiary/aromatic N) is 2. The Morgan fingerprint density at radius 1 is 1.20 bits per heavy atom. The molecule has 0 spiro atoms. The van der Waals surface area contributed by atoms with Crippen molar-refractivity contribution in [2.45, 2.75) is 38.2 Å². The standard InChI is InChI=1S/C18H19N3O3S/c1-10-5-6-11(2)15(9-10)19-16(22)13(4)25-18-21-20-17(24-18)14-7-8-23-12(14)3/h5-9,13H,1-4H3,(H,19,22). The second kappa shape index (κ2) is 7.14. The minimum Gasteiger partial charge on any atom is -0.469 e. The highest BCUT2D eigenvalue weighted by molar-refractivity contribution is 8.00. The molecule has 1 N–H and O–H groups in total. The summed E-state index contributed by atoms with van der Waals surface area (Å²) in [6, 6.07) is 7.73. The minimum absolute atomic E-state index is 0.113. The van der Waals surface area contributed by atoms with E-state index in [4.69, 9.17) is 8.83 Å². The maximum atomic E-state index is 12.4. The van der Waals surface area contributed by atoms with E-state index >= 15 is 0 Å². The zero-order valence-corrected chi connectivity index (χ0v) is 15.3. The average molecular weight is 357 g/mol. The number of hydrogen-bond acceptors (Lipinski definition) is 6. The van der Waals surface area contributed by atoms with E-state index in [-0.39, 0.29) is 11.2 Å². The predicted molar refractivity (Wildman–Crippen MR) is 96.6 cm³/mol. The lowest BCUT2D eigenvalue weighted by atomic mass is 10.1. The van der Waals surface area contributed by atoms with Gasteiger partial charge in [0.25, 0.3) is 11.1 Å². The van der Waals surface area contributed by atoms with Crippen molar-refractivity contribution in [2.75, 3.05) is 5.32 Å². The number of carbonyl (C=O) groups is 1. The van der Waals surface area contributed by atoms with Crippen LogP contribution in [0, 0.1) is 20.8 Å². The molecule has 0 saturated heterocycles. The van der Waals surface area contributed by atoms with Crippen LogP contribution in [0.2, 0.25) is 0 Å². The Kier molecular flexibility index (Phi) is 4.94. The van der Waals surface area contributed by atoms with Crippen LogP contribution in [-0.2, 0) is 4.79 Å². The lowest BCUT2D eigenvalue weighted by Crippen LogP contribution is -2.22. The van der Waals surface area contributed by atoms with Crippen molar-refractivity contribution in [3.8, 4) is 11.5 Å². The number of carbonyl (C=O) groups excluding carboxylic acids is 1. The van der Waals surface area contributed by atoms with Crippen LogP contribution in [0.15, 0.2) is 44.6 Å². The number of aryl methyl sites for hydroxylation is 3. The fourth-order valence-electron chi connectivity index (χ4n) is 2.28. The van der Waals surface area contributed by atoms with Crippen molar-refractivity contribution in [2.24, 2.45) is 0 Å². The van der Waals surface area contributed by atoms with Crippen LogP contribution in [0.3, 0.4) is 0 Å². The smallest absolute Gasteiger partial charge is 0.277 e. The van der Waals surface area contributed by atoms with Gasteiger partial charge in [0.05, 0.1) is 17.1 Å². The van der Waals surface area contributed by atoms with Crippen LogP contribution < -0.4 is 5.32 Å². The second-order valence-corrected chi connectivity index (χ2v) is 7.12. The first-order chi connectivity index (χ1) is 11.9. The first kappa shape index (κ1) is 17.3. The summed E-state index contributed by atoms with van der Waals surface area (Å²) in [5.41, 5.74) is 3.69. The van der Waals surface area contributed by atoms with Crippen molar-refractivity contribution in [3.63, 3.8) is 0 Å². The average Bonchev–Trinajstić information content (AvgIpc) is 3.19. The first-order valence-electron chi connectivity index (χ1n) is 7.87. The number of hydrogen-bond donors (Lipinski definition) is 1. The Bertz CT molecular complexity index is 901. The van der Waals surface area contributed by atoms with Gasteiger partial charge in [0.1, 0.15) is 5.76 Å². The molecule has 3 aromatic rings. The Balaban J connectivity index is 1.67. The molecule has 2 aromatic heterocycles. The van der Waals surface area contributed by atoms with Crippen LogP contribution in [0.25, 0.3) is 11.5 Å². The number of amides is 1. The molecule has 0 bridgehead atoms. The molecule has 1 unspecified atom stereocenters. The lowest BCUT2D eigenvalue weighted by molar-refractivity contribution is -0.115.